The van der Waals surface area contributed by atoms with Crippen molar-refractivity contribution in [3.8, 4) is 29.1 Å². The molecule has 1 aliphatic heterocycles. The van der Waals surface area contributed by atoms with Gasteiger partial charge in [0.15, 0.2) is 23.0 Å². The summed E-state index contributed by atoms with van der Waals surface area (Å²) in [4.78, 5) is 25.7. The molecule has 4 rings (SSSR count). The van der Waals surface area contributed by atoms with E-state index in [1.807, 2.05) is 32.9 Å². The van der Waals surface area contributed by atoms with Gasteiger partial charge in [0, 0.05) is 11.1 Å². The Bertz CT molecular complexity index is 1450. The smallest absolute Gasteiger partial charge is 0.262 e. The maximum Gasteiger partial charge on any atom is 0.262 e. The summed E-state index contributed by atoms with van der Waals surface area (Å²) in [6.45, 7) is 6.25. The number of ether oxygens (including phenoxy) is 4. The van der Waals surface area contributed by atoms with Crippen molar-refractivity contribution in [2.75, 3.05) is 13.4 Å². The van der Waals surface area contributed by atoms with Crippen LogP contribution in [-0.4, -0.2) is 37.5 Å². The van der Waals surface area contributed by atoms with E-state index in [1.165, 1.54) is 6.21 Å². The van der Waals surface area contributed by atoms with Crippen LogP contribution in [0.2, 0.25) is 0 Å². The van der Waals surface area contributed by atoms with Gasteiger partial charge in [-0.25, -0.2) is 5.43 Å². The minimum Gasteiger partial charge on any atom is -0.490 e. The van der Waals surface area contributed by atoms with Gasteiger partial charge in [-0.1, -0.05) is 32.0 Å². The van der Waals surface area contributed by atoms with Gasteiger partial charge in [0.25, 0.3) is 11.8 Å². The number of hydrogen-bond donors (Lipinski definition) is 2. The number of nitrogens with zero attached hydrogens (tertiary/aromatic N) is 2. The van der Waals surface area contributed by atoms with E-state index in [0.717, 1.165) is 5.56 Å². The molecule has 0 aromatic heterocycles. The molecule has 3 aromatic rings. The van der Waals surface area contributed by atoms with Crippen molar-refractivity contribution in [1.29, 1.82) is 5.26 Å². The number of hydrogen-bond acceptors (Lipinski definition) is 8. The molecule has 1 aliphatic rings. The van der Waals surface area contributed by atoms with Gasteiger partial charge in [0.2, 0.25) is 6.79 Å². The predicted molar refractivity (Wildman–Crippen MR) is 147 cm³/mol. The molecule has 0 bridgehead atoms. The normalized spacial score (nSPS) is 12.6. The topological polar surface area (TPSA) is 131 Å². The Hall–Kier alpha value is -5.04. The Kier molecular flexibility index (Phi) is 9.20. The highest BCUT2D eigenvalue weighted by atomic mass is 16.7. The molecule has 0 aliphatic carbocycles. The van der Waals surface area contributed by atoms with Crippen LogP contribution >= 0.6 is 0 Å². The third-order valence-corrected chi connectivity index (χ3v) is 6.05. The summed E-state index contributed by atoms with van der Waals surface area (Å²) in [5, 5.41) is 16.1. The first-order valence-corrected chi connectivity index (χ1v) is 12.8. The summed E-state index contributed by atoms with van der Waals surface area (Å²) in [6, 6.07) is 18.7. The summed E-state index contributed by atoms with van der Waals surface area (Å²) >= 11 is 0. The lowest BCUT2D eigenvalue weighted by atomic mass is 10.0. The largest absolute Gasteiger partial charge is 0.490 e. The third kappa shape index (κ3) is 6.88. The fourth-order valence-electron chi connectivity index (χ4n) is 3.94. The van der Waals surface area contributed by atoms with Gasteiger partial charge in [0.05, 0.1) is 24.5 Å². The van der Waals surface area contributed by atoms with Crippen LogP contribution in [0.15, 0.2) is 65.8 Å². The van der Waals surface area contributed by atoms with Crippen molar-refractivity contribution in [1.82, 2.24) is 10.7 Å². The summed E-state index contributed by atoms with van der Waals surface area (Å²) in [5.74, 6) is 1.01. The molecule has 1 unspecified atom stereocenters. The minimum absolute atomic E-state index is 0.105. The van der Waals surface area contributed by atoms with Crippen molar-refractivity contribution in [2.45, 2.75) is 33.4 Å². The van der Waals surface area contributed by atoms with Crippen LogP contribution in [0.3, 0.4) is 0 Å². The second-order valence-corrected chi connectivity index (χ2v) is 9.19. The molecule has 10 nitrogen and oxygen atoms in total. The number of benzene rings is 3. The molecule has 2 amide bonds. The average molecular weight is 543 g/mol. The number of nitriles is 1. The SMILES string of the molecule is CCOc1cc(C=NNC(=O)C(NC(=O)c2ccc3c(c2)OCO3)C(C)C)ccc1OCc1ccccc1C#N. The lowest BCUT2D eigenvalue weighted by Gasteiger charge is -2.20. The van der Waals surface area contributed by atoms with E-state index in [0.29, 0.717) is 46.3 Å². The molecular formula is C30H30N4O6. The van der Waals surface area contributed by atoms with Gasteiger partial charge in [-0.05, 0) is 60.9 Å². The molecule has 2 N–H and O–H groups in total. The molecule has 0 radical (unpaired) electrons. The molecule has 1 heterocycles. The number of carbonyl (C=O) groups excluding carboxylic acids is 2. The molecule has 0 saturated heterocycles. The van der Waals surface area contributed by atoms with Gasteiger partial charge in [-0.3, -0.25) is 9.59 Å². The Labute approximate surface area is 232 Å². The van der Waals surface area contributed by atoms with E-state index in [4.69, 9.17) is 18.9 Å². The van der Waals surface area contributed by atoms with E-state index in [9.17, 15) is 14.9 Å². The number of hydrazone groups is 1. The van der Waals surface area contributed by atoms with E-state index in [1.54, 1.807) is 48.5 Å². The molecule has 3 aromatic carbocycles. The highest BCUT2D eigenvalue weighted by molar-refractivity contribution is 5.98. The summed E-state index contributed by atoms with van der Waals surface area (Å²) in [7, 11) is 0. The fourth-order valence-corrected chi connectivity index (χ4v) is 3.94. The molecule has 0 saturated carbocycles. The number of nitrogens with one attached hydrogen (secondary N) is 2. The predicted octanol–water partition coefficient (Wildman–Crippen LogP) is 4.17. The van der Waals surface area contributed by atoms with Gasteiger partial charge in [-0.15, -0.1) is 0 Å². The number of rotatable bonds is 11. The zero-order valence-corrected chi connectivity index (χ0v) is 22.5. The highest BCUT2D eigenvalue weighted by Crippen LogP contribution is 2.32. The lowest BCUT2D eigenvalue weighted by Crippen LogP contribution is -2.48. The van der Waals surface area contributed by atoms with Crippen LogP contribution in [0.1, 0.15) is 47.8 Å². The zero-order valence-electron chi connectivity index (χ0n) is 22.5. The summed E-state index contributed by atoms with van der Waals surface area (Å²) in [5.41, 5.74) is 4.84. The summed E-state index contributed by atoms with van der Waals surface area (Å²) < 4.78 is 22.3. The quantitative estimate of drug-likeness (QED) is 0.275. The van der Waals surface area contributed by atoms with Crippen molar-refractivity contribution < 1.29 is 28.5 Å². The van der Waals surface area contributed by atoms with E-state index in [2.05, 4.69) is 21.9 Å². The van der Waals surface area contributed by atoms with Crippen LogP contribution in [0, 0.1) is 17.2 Å². The summed E-state index contributed by atoms with van der Waals surface area (Å²) in [6.07, 6.45) is 1.48. The fraction of sp³-hybridized carbons (Fsp3) is 0.267. The zero-order chi connectivity index (χ0) is 28.5. The van der Waals surface area contributed by atoms with Gasteiger partial charge in [0.1, 0.15) is 12.6 Å². The van der Waals surface area contributed by atoms with Gasteiger partial charge in [-0.2, -0.15) is 10.4 Å². The number of carbonyl (C=O) groups is 2. The number of fused-ring (bicyclic) bond motifs is 1. The Balaban J connectivity index is 1.38. The lowest BCUT2D eigenvalue weighted by molar-refractivity contribution is -0.123. The van der Waals surface area contributed by atoms with Crippen LogP contribution in [0.25, 0.3) is 0 Å². The van der Waals surface area contributed by atoms with Crippen LogP contribution in [0.5, 0.6) is 23.0 Å². The molecule has 0 fully saturated rings. The van der Waals surface area contributed by atoms with E-state index < -0.39 is 17.9 Å². The molecule has 40 heavy (non-hydrogen) atoms. The van der Waals surface area contributed by atoms with E-state index in [-0.39, 0.29) is 19.3 Å². The Morgan fingerprint density at radius 2 is 1.85 bits per heavy atom. The molecule has 10 heteroatoms. The average Bonchev–Trinajstić information content (AvgIpc) is 3.43. The van der Waals surface area contributed by atoms with Crippen LogP contribution in [-0.2, 0) is 11.4 Å². The maximum absolute atomic E-state index is 12.9. The Morgan fingerprint density at radius 1 is 1.05 bits per heavy atom. The maximum atomic E-state index is 12.9. The first kappa shape index (κ1) is 28.0. The van der Waals surface area contributed by atoms with Crippen molar-refractivity contribution >= 4 is 18.0 Å². The van der Waals surface area contributed by atoms with Gasteiger partial charge >= 0.3 is 0 Å². The number of amides is 2. The Morgan fingerprint density at radius 3 is 2.62 bits per heavy atom. The first-order valence-electron chi connectivity index (χ1n) is 12.8. The second kappa shape index (κ2) is 13.2. The molecule has 0 spiro atoms. The van der Waals surface area contributed by atoms with E-state index >= 15 is 0 Å². The minimum atomic E-state index is -0.818. The first-order chi connectivity index (χ1) is 19.4. The standard InChI is InChI=1S/C30H30N4O6/c1-4-37-26-13-20(9-11-24(26)38-17-23-8-6-5-7-22(23)15-31)16-32-34-30(36)28(19(2)3)33-29(35)21-10-12-25-27(14-21)40-18-39-25/h5-14,16,19,28H,4,17-18H2,1-3H3,(H,33,35)(H,34,36). The van der Waals surface area contributed by atoms with Crippen molar-refractivity contribution in [3.05, 3.63) is 82.9 Å². The molecule has 206 valence electrons. The molecular weight excluding hydrogens is 512 g/mol. The van der Waals surface area contributed by atoms with Crippen molar-refractivity contribution in [3.63, 3.8) is 0 Å². The molecule has 1 atom stereocenters. The van der Waals surface area contributed by atoms with Gasteiger partial charge < -0.3 is 24.3 Å². The van der Waals surface area contributed by atoms with Crippen molar-refractivity contribution in [2.24, 2.45) is 11.0 Å². The van der Waals surface area contributed by atoms with Crippen LogP contribution < -0.4 is 29.7 Å². The van der Waals surface area contributed by atoms with Crippen LogP contribution in [0.4, 0.5) is 0 Å². The third-order valence-electron chi connectivity index (χ3n) is 6.05. The highest BCUT2D eigenvalue weighted by Gasteiger charge is 2.25. The monoisotopic (exact) mass is 542 g/mol. The second-order valence-electron chi connectivity index (χ2n) is 9.19.